The Kier molecular flexibility index (Phi) is 7.65. The number of rotatable bonds is 6. The highest BCUT2D eigenvalue weighted by atomic mass is 35.5. The number of carbonyl (C=O) groups is 1. The molecule has 4 nitrogen and oxygen atoms in total. The van der Waals surface area contributed by atoms with E-state index in [1.54, 1.807) is 24.3 Å². The molecule has 2 N–H and O–H groups in total. The minimum Gasteiger partial charge on any atom is -0.494 e. The number of amides is 1. The molecule has 0 aliphatic rings. The lowest BCUT2D eigenvalue weighted by Gasteiger charge is -2.13. The van der Waals surface area contributed by atoms with Crippen molar-refractivity contribution in [2.75, 3.05) is 11.9 Å². The van der Waals surface area contributed by atoms with Gasteiger partial charge in [0.15, 0.2) is 5.11 Å². The van der Waals surface area contributed by atoms with Crippen molar-refractivity contribution in [2.45, 2.75) is 25.9 Å². The van der Waals surface area contributed by atoms with E-state index in [4.69, 9.17) is 28.6 Å². The van der Waals surface area contributed by atoms with Crippen molar-refractivity contribution in [1.82, 2.24) is 5.32 Å². The van der Waals surface area contributed by atoms with Gasteiger partial charge in [-0.05, 0) is 61.1 Å². The normalized spacial score (nSPS) is 11.0. The number of ether oxygens (including phenoxy) is 1. The van der Waals surface area contributed by atoms with Gasteiger partial charge in [-0.2, -0.15) is 13.2 Å². The van der Waals surface area contributed by atoms with E-state index in [1.165, 1.54) is 0 Å². The lowest BCUT2D eigenvalue weighted by Crippen LogP contribution is -2.34. The van der Waals surface area contributed by atoms with Crippen LogP contribution in [0.15, 0.2) is 42.5 Å². The number of hydrogen-bond donors (Lipinski definition) is 2. The Morgan fingerprint density at radius 2 is 1.86 bits per heavy atom. The molecule has 0 saturated heterocycles. The van der Waals surface area contributed by atoms with Gasteiger partial charge in [0.1, 0.15) is 5.75 Å². The average Bonchev–Trinajstić information content (AvgIpc) is 2.63. The van der Waals surface area contributed by atoms with E-state index in [2.05, 4.69) is 17.6 Å². The Balaban J connectivity index is 1.94. The van der Waals surface area contributed by atoms with Crippen LogP contribution >= 0.6 is 23.8 Å². The summed E-state index contributed by atoms with van der Waals surface area (Å²) in [6.45, 7) is 2.66. The van der Waals surface area contributed by atoms with E-state index in [0.717, 1.165) is 31.0 Å². The Morgan fingerprint density at radius 3 is 2.43 bits per heavy atom. The average molecular weight is 431 g/mol. The van der Waals surface area contributed by atoms with Gasteiger partial charge in [0.25, 0.3) is 5.91 Å². The molecular formula is C19H18ClF3N2O2S. The summed E-state index contributed by atoms with van der Waals surface area (Å²) < 4.78 is 43.5. The summed E-state index contributed by atoms with van der Waals surface area (Å²) in [7, 11) is 0. The summed E-state index contributed by atoms with van der Waals surface area (Å²) in [4.78, 5) is 12.2. The second kappa shape index (κ2) is 9.75. The molecule has 0 aliphatic carbocycles. The number of benzene rings is 2. The maximum atomic E-state index is 12.7. The van der Waals surface area contributed by atoms with Crippen molar-refractivity contribution < 1.29 is 22.7 Å². The lowest BCUT2D eigenvalue weighted by molar-refractivity contribution is -0.137. The highest BCUT2D eigenvalue weighted by molar-refractivity contribution is 7.80. The Hall–Kier alpha value is -2.32. The van der Waals surface area contributed by atoms with Gasteiger partial charge in [-0.3, -0.25) is 10.1 Å². The van der Waals surface area contributed by atoms with Gasteiger partial charge in [0.2, 0.25) is 0 Å². The third-order valence-electron chi connectivity index (χ3n) is 3.65. The number of anilines is 1. The fourth-order valence-corrected chi connectivity index (χ4v) is 2.59. The molecular weight excluding hydrogens is 413 g/mol. The molecule has 0 atom stereocenters. The molecule has 0 bridgehead atoms. The SMILES string of the molecule is CCCCOc1ccc(C(=O)NC(=S)Nc2ccc(C(F)(F)F)cc2Cl)cc1. The second-order valence-electron chi connectivity index (χ2n) is 5.83. The minimum absolute atomic E-state index is 0.0880. The first-order valence-corrected chi connectivity index (χ1v) is 9.21. The van der Waals surface area contributed by atoms with Gasteiger partial charge in [-0.15, -0.1) is 0 Å². The van der Waals surface area contributed by atoms with Crippen LogP contribution in [0.4, 0.5) is 18.9 Å². The third-order valence-corrected chi connectivity index (χ3v) is 4.17. The quantitative estimate of drug-likeness (QED) is 0.458. The first kappa shape index (κ1) is 22.0. The molecule has 28 heavy (non-hydrogen) atoms. The predicted octanol–water partition coefficient (Wildman–Crippen LogP) is 5.66. The summed E-state index contributed by atoms with van der Waals surface area (Å²) >= 11 is 10.9. The first-order valence-electron chi connectivity index (χ1n) is 8.42. The van der Waals surface area contributed by atoms with Crippen molar-refractivity contribution in [2.24, 2.45) is 0 Å². The largest absolute Gasteiger partial charge is 0.494 e. The molecule has 1 amide bonds. The van der Waals surface area contributed by atoms with Crippen LogP contribution < -0.4 is 15.4 Å². The molecule has 0 spiro atoms. The van der Waals surface area contributed by atoms with Crippen molar-refractivity contribution >= 4 is 40.5 Å². The first-order chi connectivity index (χ1) is 13.2. The number of carbonyl (C=O) groups excluding carboxylic acids is 1. The van der Waals surface area contributed by atoms with Crippen LogP contribution in [0.3, 0.4) is 0 Å². The summed E-state index contributed by atoms with van der Waals surface area (Å²) in [6.07, 6.45) is -2.54. The number of hydrogen-bond acceptors (Lipinski definition) is 3. The molecule has 150 valence electrons. The summed E-state index contributed by atoms with van der Waals surface area (Å²) in [5.74, 6) is 0.183. The maximum absolute atomic E-state index is 12.7. The van der Waals surface area contributed by atoms with Crippen LogP contribution in [0.25, 0.3) is 0 Å². The monoisotopic (exact) mass is 430 g/mol. The van der Waals surface area contributed by atoms with Crippen LogP contribution in [0.5, 0.6) is 5.75 Å². The highest BCUT2D eigenvalue weighted by Gasteiger charge is 2.30. The van der Waals surface area contributed by atoms with Crippen LogP contribution in [0.2, 0.25) is 5.02 Å². The van der Waals surface area contributed by atoms with Crippen LogP contribution in [-0.4, -0.2) is 17.6 Å². The predicted molar refractivity (Wildman–Crippen MR) is 107 cm³/mol. The molecule has 0 saturated carbocycles. The second-order valence-corrected chi connectivity index (χ2v) is 6.64. The summed E-state index contributed by atoms with van der Waals surface area (Å²) in [5.41, 5.74) is -0.371. The van der Waals surface area contributed by atoms with Gasteiger partial charge in [0.05, 0.1) is 22.9 Å². The Bertz CT molecular complexity index is 842. The minimum atomic E-state index is -4.50. The zero-order chi connectivity index (χ0) is 20.7. The van der Waals surface area contributed by atoms with E-state index < -0.39 is 17.6 Å². The van der Waals surface area contributed by atoms with E-state index in [0.29, 0.717) is 17.9 Å². The number of alkyl halides is 3. The number of thiocarbonyl (C=S) groups is 1. The van der Waals surface area contributed by atoms with Crippen molar-refractivity contribution in [3.63, 3.8) is 0 Å². The third kappa shape index (κ3) is 6.38. The van der Waals surface area contributed by atoms with Crippen molar-refractivity contribution in [3.8, 4) is 5.75 Å². The highest BCUT2D eigenvalue weighted by Crippen LogP contribution is 2.33. The van der Waals surface area contributed by atoms with Gasteiger partial charge >= 0.3 is 6.18 Å². The molecule has 0 radical (unpaired) electrons. The summed E-state index contributed by atoms with van der Waals surface area (Å²) in [6, 6.07) is 9.32. The van der Waals surface area contributed by atoms with Crippen molar-refractivity contribution in [3.05, 3.63) is 58.6 Å². The molecule has 2 aromatic carbocycles. The smallest absolute Gasteiger partial charge is 0.416 e. The summed E-state index contributed by atoms with van der Waals surface area (Å²) in [5, 5.41) is 4.80. The topological polar surface area (TPSA) is 50.4 Å². The number of halogens is 4. The van der Waals surface area contributed by atoms with E-state index in [-0.39, 0.29) is 15.8 Å². The van der Waals surface area contributed by atoms with Gasteiger partial charge < -0.3 is 10.1 Å². The fraction of sp³-hybridized carbons (Fsp3) is 0.263. The van der Waals surface area contributed by atoms with Crippen molar-refractivity contribution in [1.29, 1.82) is 0 Å². The molecule has 0 aromatic heterocycles. The molecule has 0 heterocycles. The van der Waals surface area contributed by atoms with Gasteiger partial charge in [0, 0.05) is 5.56 Å². The van der Waals surface area contributed by atoms with Gasteiger partial charge in [-0.25, -0.2) is 0 Å². The zero-order valence-corrected chi connectivity index (χ0v) is 16.5. The molecule has 2 rings (SSSR count). The van der Waals surface area contributed by atoms with Crippen LogP contribution in [0, 0.1) is 0 Å². The molecule has 0 fully saturated rings. The zero-order valence-electron chi connectivity index (χ0n) is 14.9. The fourth-order valence-electron chi connectivity index (χ4n) is 2.16. The molecule has 9 heteroatoms. The van der Waals surface area contributed by atoms with Crippen LogP contribution in [-0.2, 0) is 6.18 Å². The number of nitrogens with one attached hydrogen (secondary N) is 2. The Morgan fingerprint density at radius 1 is 1.18 bits per heavy atom. The lowest BCUT2D eigenvalue weighted by atomic mass is 10.2. The molecule has 0 unspecified atom stereocenters. The molecule has 2 aromatic rings. The number of unbranched alkanes of at least 4 members (excludes halogenated alkanes) is 1. The van der Waals surface area contributed by atoms with E-state index >= 15 is 0 Å². The van der Waals surface area contributed by atoms with Crippen LogP contribution in [0.1, 0.15) is 35.7 Å². The van der Waals surface area contributed by atoms with Gasteiger partial charge in [-0.1, -0.05) is 24.9 Å². The van der Waals surface area contributed by atoms with E-state index in [1.807, 2.05) is 0 Å². The maximum Gasteiger partial charge on any atom is 0.416 e. The standard InChI is InChI=1S/C19H18ClF3N2O2S/c1-2-3-10-27-14-7-4-12(5-8-14)17(26)25-18(28)24-16-9-6-13(11-15(16)20)19(21,22)23/h4-9,11H,2-3,10H2,1H3,(H2,24,25,26,28). The van der Waals surface area contributed by atoms with E-state index in [9.17, 15) is 18.0 Å². The molecule has 0 aliphatic heterocycles. The Labute approximate surface area is 171 Å².